The fourth-order valence-electron chi connectivity index (χ4n) is 1.59. The zero-order valence-electron chi connectivity index (χ0n) is 10.5. The lowest BCUT2D eigenvalue weighted by atomic mass is 10.0. The van der Waals surface area contributed by atoms with Crippen molar-refractivity contribution in [3.63, 3.8) is 0 Å². The Labute approximate surface area is 110 Å². The maximum atomic E-state index is 11.9. The third-order valence-electron chi connectivity index (χ3n) is 2.42. The van der Waals surface area contributed by atoms with Crippen molar-refractivity contribution in [1.82, 2.24) is 5.32 Å². The van der Waals surface area contributed by atoms with E-state index in [9.17, 15) is 14.7 Å². The first-order chi connectivity index (χ1) is 8.43. The average Bonchev–Trinajstić information content (AvgIpc) is 2.76. The van der Waals surface area contributed by atoms with Crippen molar-refractivity contribution < 1.29 is 14.7 Å². The number of hydrogen-bond acceptors (Lipinski definition) is 4. The molecule has 0 spiro atoms. The number of carbonyl (C=O) groups excluding carboxylic acids is 2. The normalized spacial score (nSPS) is 12.4. The smallest absolute Gasteiger partial charge is 0.261 e. The summed E-state index contributed by atoms with van der Waals surface area (Å²) < 4.78 is 0. The Morgan fingerprint density at radius 3 is 2.61 bits per heavy atom. The topological polar surface area (TPSA) is 92.4 Å². The molecule has 0 saturated carbocycles. The highest BCUT2D eigenvalue weighted by molar-refractivity contribution is 7.12. The molecule has 18 heavy (non-hydrogen) atoms. The van der Waals surface area contributed by atoms with Crippen LogP contribution >= 0.6 is 11.3 Å². The highest BCUT2D eigenvalue weighted by atomic mass is 32.1. The first-order valence-corrected chi connectivity index (χ1v) is 6.62. The Morgan fingerprint density at radius 1 is 1.50 bits per heavy atom. The highest BCUT2D eigenvalue weighted by Crippen LogP contribution is 2.15. The van der Waals surface area contributed by atoms with Crippen LogP contribution in [0.5, 0.6) is 0 Å². The number of carbonyl (C=O) groups is 2. The fourth-order valence-corrected chi connectivity index (χ4v) is 2.39. The summed E-state index contributed by atoms with van der Waals surface area (Å²) in [5, 5.41) is 13.5. The fraction of sp³-hybridized carbons (Fsp3) is 0.500. The second-order valence-electron chi connectivity index (χ2n) is 4.55. The van der Waals surface area contributed by atoms with Gasteiger partial charge in [-0.25, -0.2) is 0 Å². The van der Waals surface area contributed by atoms with Crippen LogP contribution in [-0.2, 0) is 0 Å². The summed E-state index contributed by atoms with van der Waals surface area (Å²) in [5.41, 5.74) is 5.44. The van der Waals surface area contributed by atoms with E-state index in [2.05, 4.69) is 5.32 Å². The van der Waals surface area contributed by atoms with E-state index < -0.39 is 5.91 Å². The van der Waals surface area contributed by atoms with Crippen molar-refractivity contribution in [2.24, 2.45) is 11.7 Å². The van der Waals surface area contributed by atoms with Gasteiger partial charge in [-0.3, -0.25) is 9.59 Å². The predicted octanol–water partition coefficient (Wildman–Crippen LogP) is 0.984. The molecule has 1 aromatic heterocycles. The van der Waals surface area contributed by atoms with Crippen LogP contribution in [0.3, 0.4) is 0 Å². The molecule has 0 aliphatic heterocycles. The first-order valence-electron chi connectivity index (χ1n) is 5.74. The number of amides is 2. The molecular formula is C12H18N2O3S. The van der Waals surface area contributed by atoms with Crippen LogP contribution in [0.4, 0.5) is 0 Å². The van der Waals surface area contributed by atoms with E-state index in [1.807, 2.05) is 13.8 Å². The zero-order valence-corrected chi connectivity index (χ0v) is 11.3. The highest BCUT2D eigenvalue weighted by Gasteiger charge is 2.16. The van der Waals surface area contributed by atoms with Gasteiger partial charge >= 0.3 is 0 Å². The van der Waals surface area contributed by atoms with Crippen LogP contribution in [-0.4, -0.2) is 29.6 Å². The van der Waals surface area contributed by atoms with Crippen LogP contribution in [0, 0.1) is 5.92 Å². The molecule has 0 bridgehead atoms. The lowest BCUT2D eigenvalue weighted by molar-refractivity contribution is 0.0912. The maximum absolute atomic E-state index is 11.9. The molecule has 0 radical (unpaired) electrons. The van der Waals surface area contributed by atoms with Crippen molar-refractivity contribution in [1.29, 1.82) is 0 Å². The summed E-state index contributed by atoms with van der Waals surface area (Å²) >= 11 is 1.16. The lowest BCUT2D eigenvalue weighted by Gasteiger charge is -2.17. The van der Waals surface area contributed by atoms with E-state index in [-0.39, 0.29) is 18.6 Å². The monoisotopic (exact) mass is 270 g/mol. The van der Waals surface area contributed by atoms with Gasteiger partial charge < -0.3 is 16.2 Å². The molecule has 1 heterocycles. The van der Waals surface area contributed by atoms with Gasteiger partial charge in [-0.2, -0.15) is 0 Å². The molecule has 4 N–H and O–H groups in total. The van der Waals surface area contributed by atoms with E-state index in [1.165, 1.54) is 6.07 Å². The van der Waals surface area contributed by atoms with Gasteiger partial charge in [0.25, 0.3) is 5.91 Å². The second kappa shape index (κ2) is 6.51. The summed E-state index contributed by atoms with van der Waals surface area (Å²) in [6.45, 7) is 3.94. The number of aliphatic hydroxyl groups is 1. The number of nitrogens with two attached hydrogens (primary N) is 1. The van der Waals surface area contributed by atoms with E-state index in [0.29, 0.717) is 22.8 Å². The number of aliphatic hydroxyl groups excluding tert-OH is 1. The van der Waals surface area contributed by atoms with Gasteiger partial charge in [0.1, 0.15) is 0 Å². The van der Waals surface area contributed by atoms with Crippen molar-refractivity contribution in [2.75, 3.05) is 6.61 Å². The molecule has 0 aliphatic carbocycles. The van der Waals surface area contributed by atoms with Crippen LogP contribution in [0.25, 0.3) is 0 Å². The first kappa shape index (κ1) is 14.7. The molecule has 0 aliphatic rings. The Hall–Kier alpha value is -1.40. The predicted molar refractivity (Wildman–Crippen MR) is 70.6 cm³/mol. The summed E-state index contributed by atoms with van der Waals surface area (Å²) in [5.74, 6) is -0.453. The molecule has 6 heteroatoms. The van der Waals surface area contributed by atoms with Crippen LogP contribution < -0.4 is 11.1 Å². The van der Waals surface area contributed by atoms with Gasteiger partial charge in [0.2, 0.25) is 5.91 Å². The standard InChI is InChI=1S/C12H18N2O3S/c1-7(2)3-9(5-15)14-12(17)10-4-8(6-18-10)11(13)16/h4,6-7,9,15H,3,5H2,1-2H3,(H2,13,16)(H,14,17). The molecule has 1 atom stereocenters. The van der Waals surface area contributed by atoms with Crippen molar-refractivity contribution in [3.05, 3.63) is 21.9 Å². The van der Waals surface area contributed by atoms with Crippen LogP contribution in [0.2, 0.25) is 0 Å². The van der Waals surface area contributed by atoms with Gasteiger partial charge in [0.05, 0.1) is 23.1 Å². The van der Waals surface area contributed by atoms with E-state index in [1.54, 1.807) is 5.38 Å². The second-order valence-corrected chi connectivity index (χ2v) is 5.46. The van der Waals surface area contributed by atoms with E-state index in [4.69, 9.17) is 5.73 Å². The molecule has 1 unspecified atom stereocenters. The minimum atomic E-state index is -0.550. The van der Waals surface area contributed by atoms with Gasteiger partial charge in [0, 0.05) is 5.38 Å². The van der Waals surface area contributed by atoms with Gasteiger partial charge in [-0.1, -0.05) is 13.8 Å². The van der Waals surface area contributed by atoms with E-state index in [0.717, 1.165) is 11.3 Å². The Balaban J connectivity index is 2.65. The van der Waals surface area contributed by atoms with Gasteiger partial charge in [0.15, 0.2) is 0 Å². The molecule has 100 valence electrons. The van der Waals surface area contributed by atoms with Crippen LogP contribution in [0.15, 0.2) is 11.4 Å². The molecule has 0 aromatic carbocycles. The van der Waals surface area contributed by atoms with Gasteiger partial charge in [-0.15, -0.1) is 11.3 Å². The summed E-state index contributed by atoms with van der Waals surface area (Å²) in [4.78, 5) is 23.2. The molecule has 0 saturated heterocycles. The third kappa shape index (κ3) is 4.12. The zero-order chi connectivity index (χ0) is 13.7. The molecular weight excluding hydrogens is 252 g/mol. The molecule has 0 fully saturated rings. The molecule has 1 aromatic rings. The number of nitrogens with one attached hydrogen (secondary N) is 1. The number of hydrogen-bond donors (Lipinski definition) is 3. The van der Waals surface area contributed by atoms with Gasteiger partial charge in [-0.05, 0) is 18.4 Å². The Kier molecular flexibility index (Phi) is 5.30. The maximum Gasteiger partial charge on any atom is 0.261 e. The number of rotatable bonds is 6. The average molecular weight is 270 g/mol. The lowest BCUT2D eigenvalue weighted by Crippen LogP contribution is -2.38. The minimum absolute atomic E-state index is 0.0992. The summed E-state index contributed by atoms with van der Waals surface area (Å²) in [6, 6.07) is 1.20. The molecule has 1 rings (SSSR count). The Bertz CT molecular complexity index is 429. The SMILES string of the molecule is CC(C)CC(CO)NC(=O)c1cc(C(N)=O)cs1. The quantitative estimate of drug-likeness (QED) is 0.719. The number of thiophene rings is 1. The van der Waals surface area contributed by atoms with Crippen molar-refractivity contribution in [2.45, 2.75) is 26.3 Å². The summed E-state index contributed by atoms with van der Waals surface area (Å²) in [7, 11) is 0. The van der Waals surface area contributed by atoms with Crippen molar-refractivity contribution in [3.8, 4) is 0 Å². The molecule has 5 nitrogen and oxygen atoms in total. The van der Waals surface area contributed by atoms with Crippen molar-refractivity contribution >= 4 is 23.2 Å². The van der Waals surface area contributed by atoms with E-state index >= 15 is 0 Å². The number of primary amides is 1. The minimum Gasteiger partial charge on any atom is -0.394 e. The Morgan fingerprint density at radius 2 is 2.17 bits per heavy atom. The molecule has 2 amide bonds. The van der Waals surface area contributed by atoms with Crippen LogP contribution in [0.1, 0.15) is 40.3 Å². The largest absolute Gasteiger partial charge is 0.394 e. The third-order valence-corrected chi connectivity index (χ3v) is 3.35. The summed E-state index contributed by atoms with van der Waals surface area (Å²) in [6.07, 6.45) is 0.705.